The molecule has 2 aliphatic rings. The monoisotopic (exact) mass is 319 g/mol. The number of piperazine rings is 1. The molecule has 3 rings (SSSR count). The van der Waals surface area contributed by atoms with Crippen LogP contribution in [-0.2, 0) is 6.54 Å². The van der Waals surface area contributed by atoms with Crippen LogP contribution in [0.4, 0.5) is 0 Å². The van der Waals surface area contributed by atoms with Crippen LogP contribution in [0.2, 0.25) is 0 Å². The van der Waals surface area contributed by atoms with Crippen LogP contribution in [0.25, 0.3) is 0 Å². The van der Waals surface area contributed by atoms with Gasteiger partial charge in [0.2, 0.25) is 5.43 Å². The maximum Gasteiger partial charge on any atom is 0.223 e. The fourth-order valence-corrected chi connectivity index (χ4v) is 3.82. The van der Waals surface area contributed by atoms with Gasteiger partial charge < -0.3 is 14.6 Å². The molecule has 1 aliphatic carbocycles. The number of pyridine rings is 1. The molecule has 0 radical (unpaired) electrons. The number of hydrogen-bond acceptors (Lipinski definition) is 4. The van der Waals surface area contributed by atoms with E-state index in [-0.39, 0.29) is 11.2 Å². The highest BCUT2D eigenvalue weighted by atomic mass is 16.3. The minimum atomic E-state index is -0.251. The summed E-state index contributed by atoms with van der Waals surface area (Å²) in [6.45, 7) is 5.03. The van der Waals surface area contributed by atoms with Crippen LogP contribution in [0.5, 0.6) is 5.75 Å². The first-order valence-corrected chi connectivity index (χ1v) is 8.98. The first-order valence-electron chi connectivity index (χ1n) is 8.98. The van der Waals surface area contributed by atoms with Gasteiger partial charge in [-0.2, -0.15) is 0 Å². The van der Waals surface area contributed by atoms with E-state index in [4.69, 9.17) is 0 Å². The Morgan fingerprint density at radius 1 is 1.09 bits per heavy atom. The number of hydrogen-bond donors (Lipinski definition) is 1. The zero-order valence-electron chi connectivity index (χ0n) is 14.2. The Bertz CT molecular complexity index is 568. The standard InChI is InChI=1S/C18H29N3O2/c1-19-8-10-20(11-9-19)13-16-12-17(22)18(23)14-21(16)15-6-4-2-3-5-7-15/h12,14-15,23H,2-11,13H2,1H3. The third kappa shape index (κ3) is 4.15. The third-order valence-electron chi connectivity index (χ3n) is 5.34. The van der Waals surface area contributed by atoms with Crippen molar-refractivity contribution >= 4 is 0 Å². The maximum atomic E-state index is 11.9. The van der Waals surface area contributed by atoms with Crippen LogP contribution in [0.3, 0.4) is 0 Å². The summed E-state index contributed by atoms with van der Waals surface area (Å²) in [6.07, 6.45) is 9.07. The molecule has 1 saturated heterocycles. The molecular formula is C18H29N3O2. The molecule has 0 amide bonds. The highest BCUT2D eigenvalue weighted by Gasteiger charge is 2.20. The van der Waals surface area contributed by atoms with Gasteiger partial charge in [0.1, 0.15) is 0 Å². The lowest BCUT2D eigenvalue weighted by Gasteiger charge is -2.33. The van der Waals surface area contributed by atoms with Crippen molar-refractivity contribution in [3.63, 3.8) is 0 Å². The zero-order chi connectivity index (χ0) is 16.2. The largest absolute Gasteiger partial charge is 0.503 e. The van der Waals surface area contributed by atoms with Crippen LogP contribution in [-0.4, -0.2) is 52.7 Å². The van der Waals surface area contributed by atoms with Crippen molar-refractivity contribution in [1.29, 1.82) is 0 Å². The summed E-state index contributed by atoms with van der Waals surface area (Å²) >= 11 is 0. The van der Waals surface area contributed by atoms with E-state index in [1.807, 2.05) is 0 Å². The summed E-state index contributed by atoms with van der Waals surface area (Å²) in [4.78, 5) is 16.7. The summed E-state index contributed by atoms with van der Waals surface area (Å²) in [7, 11) is 2.15. The summed E-state index contributed by atoms with van der Waals surface area (Å²) < 4.78 is 2.19. The van der Waals surface area contributed by atoms with Crippen LogP contribution in [0.15, 0.2) is 17.1 Å². The fraction of sp³-hybridized carbons (Fsp3) is 0.722. The SMILES string of the molecule is CN1CCN(Cc2cc(=O)c(O)cn2C2CCCCCC2)CC1. The Morgan fingerprint density at radius 3 is 2.39 bits per heavy atom. The molecule has 0 bridgehead atoms. The maximum absolute atomic E-state index is 11.9. The fourth-order valence-electron chi connectivity index (χ4n) is 3.82. The highest BCUT2D eigenvalue weighted by Crippen LogP contribution is 2.29. The molecule has 0 unspecified atom stereocenters. The van der Waals surface area contributed by atoms with Crippen LogP contribution < -0.4 is 5.43 Å². The molecule has 128 valence electrons. The van der Waals surface area contributed by atoms with Crippen molar-refractivity contribution in [2.24, 2.45) is 0 Å². The van der Waals surface area contributed by atoms with E-state index in [1.165, 1.54) is 25.7 Å². The summed E-state index contributed by atoms with van der Waals surface area (Å²) in [6, 6.07) is 2.07. The van der Waals surface area contributed by atoms with Gasteiger partial charge in [-0.15, -0.1) is 0 Å². The number of nitrogens with zero attached hydrogens (tertiary/aromatic N) is 3. The minimum absolute atomic E-state index is 0.114. The van der Waals surface area contributed by atoms with Gasteiger partial charge in [0.15, 0.2) is 5.75 Å². The average Bonchev–Trinajstić information content (AvgIpc) is 2.82. The van der Waals surface area contributed by atoms with Crippen LogP contribution >= 0.6 is 0 Å². The predicted molar refractivity (Wildman–Crippen MR) is 91.9 cm³/mol. The topological polar surface area (TPSA) is 48.7 Å². The highest BCUT2D eigenvalue weighted by molar-refractivity contribution is 5.21. The number of aromatic nitrogens is 1. The Hall–Kier alpha value is -1.33. The molecule has 5 nitrogen and oxygen atoms in total. The first-order chi connectivity index (χ1) is 11.1. The van der Waals surface area contributed by atoms with E-state index in [2.05, 4.69) is 21.4 Å². The molecule has 1 aromatic rings. The Labute approximate surface area is 138 Å². The lowest BCUT2D eigenvalue weighted by Crippen LogP contribution is -2.44. The second-order valence-electron chi connectivity index (χ2n) is 7.15. The van der Waals surface area contributed by atoms with Gasteiger partial charge in [-0.3, -0.25) is 9.69 Å². The second-order valence-corrected chi connectivity index (χ2v) is 7.15. The first kappa shape index (κ1) is 16.5. The van der Waals surface area contributed by atoms with Gasteiger partial charge in [-0.1, -0.05) is 25.7 Å². The molecule has 0 atom stereocenters. The number of rotatable bonds is 3. The summed E-state index contributed by atoms with van der Waals surface area (Å²) in [5.74, 6) is -0.114. The molecule has 0 spiro atoms. The van der Waals surface area contributed by atoms with Gasteiger partial charge in [0.05, 0.1) is 6.20 Å². The van der Waals surface area contributed by atoms with Gasteiger partial charge in [0, 0.05) is 50.5 Å². The third-order valence-corrected chi connectivity index (χ3v) is 5.34. The smallest absolute Gasteiger partial charge is 0.223 e. The Balaban J connectivity index is 1.82. The van der Waals surface area contributed by atoms with Crippen molar-refractivity contribution in [2.45, 2.75) is 51.1 Å². The number of likely N-dealkylation sites (N-methyl/N-ethyl adjacent to an activating group) is 1. The molecule has 23 heavy (non-hydrogen) atoms. The predicted octanol–water partition coefficient (Wildman–Crippen LogP) is 2.20. The van der Waals surface area contributed by atoms with E-state index in [9.17, 15) is 9.90 Å². The molecular weight excluding hydrogens is 290 g/mol. The van der Waals surface area contributed by atoms with Gasteiger partial charge in [-0.05, 0) is 19.9 Å². The van der Waals surface area contributed by atoms with E-state index in [1.54, 1.807) is 12.3 Å². The van der Waals surface area contributed by atoms with Crippen LogP contribution in [0, 0.1) is 0 Å². The van der Waals surface area contributed by atoms with E-state index in [0.717, 1.165) is 51.3 Å². The summed E-state index contributed by atoms with van der Waals surface area (Å²) in [5.41, 5.74) is 0.809. The van der Waals surface area contributed by atoms with Crippen molar-refractivity contribution in [1.82, 2.24) is 14.4 Å². The lowest BCUT2D eigenvalue weighted by atomic mass is 10.1. The van der Waals surface area contributed by atoms with Crippen molar-refractivity contribution in [3.05, 3.63) is 28.2 Å². The van der Waals surface area contributed by atoms with E-state index >= 15 is 0 Å². The van der Waals surface area contributed by atoms with Crippen molar-refractivity contribution < 1.29 is 5.11 Å². The molecule has 1 aliphatic heterocycles. The van der Waals surface area contributed by atoms with Gasteiger partial charge >= 0.3 is 0 Å². The number of aromatic hydroxyl groups is 1. The quantitative estimate of drug-likeness (QED) is 0.868. The summed E-state index contributed by atoms with van der Waals surface area (Å²) in [5, 5.41) is 9.91. The lowest BCUT2D eigenvalue weighted by molar-refractivity contribution is 0.144. The molecule has 1 saturated carbocycles. The van der Waals surface area contributed by atoms with E-state index < -0.39 is 0 Å². The molecule has 2 heterocycles. The zero-order valence-corrected chi connectivity index (χ0v) is 14.2. The average molecular weight is 319 g/mol. The Morgan fingerprint density at radius 2 is 1.74 bits per heavy atom. The van der Waals surface area contributed by atoms with Gasteiger partial charge in [-0.25, -0.2) is 0 Å². The van der Waals surface area contributed by atoms with Crippen LogP contribution in [0.1, 0.15) is 50.3 Å². The molecule has 1 N–H and O–H groups in total. The molecule has 1 aromatic heterocycles. The Kier molecular flexibility index (Phi) is 5.38. The minimum Gasteiger partial charge on any atom is -0.503 e. The van der Waals surface area contributed by atoms with Gasteiger partial charge in [0.25, 0.3) is 0 Å². The molecule has 0 aromatic carbocycles. The normalized spacial score (nSPS) is 22.1. The molecule has 2 fully saturated rings. The molecule has 5 heteroatoms. The van der Waals surface area contributed by atoms with Crippen molar-refractivity contribution in [2.75, 3.05) is 33.2 Å². The van der Waals surface area contributed by atoms with E-state index in [0.29, 0.717) is 6.04 Å². The second kappa shape index (κ2) is 7.49. The van der Waals surface area contributed by atoms with Crippen molar-refractivity contribution in [3.8, 4) is 5.75 Å².